The van der Waals surface area contributed by atoms with Crippen LogP contribution in [-0.2, 0) is 0 Å². The highest BCUT2D eigenvalue weighted by Crippen LogP contribution is 2.28. The lowest BCUT2D eigenvalue weighted by Gasteiger charge is -2.04. The number of pyridine rings is 1. The van der Waals surface area contributed by atoms with Gasteiger partial charge in [0.15, 0.2) is 0 Å². The second kappa shape index (κ2) is 5.18. The summed E-state index contributed by atoms with van der Waals surface area (Å²) in [5, 5.41) is 8.84. The zero-order valence-electron chi connectivity index (χ0n) is 9.55. The minimum atomic E-state index is -1.26. The highest BCUT2D eigenvalue weighted by Gasteiger charge is 2.11. The molecule has 0 radical (unpaired) electrons. The number of hydrogen-bond donors (Lipinski definition) is 1. The Hall–Kier alpha value is -1.88. The number of aromatic nitrogens is 1. The normalized spacial score (nSPS) is 10.3. The van der Waals surface area contributed by atoms with Crippen LogP contribution < -0.4 is 0 Å². The first-order chi connectivity index (χ1) is 8.56. The van der Waals surface area contributed by atoms with Crippen molar-refractivity contribution in [3.63, 3.8) is 0 Å². The lowest BCUT2D eigenvalue weighted by Crippen LogP contribution is -2.00. The van der Waals surface area contributed by atoms with Crippen molar-refractivity contribution >= 4 is 17.7 Å². The van der Waals surface area contributed by atoms with Gasteiger partial charge in [0.2, 0.25) is 0 Å². The SMILES string of the molecule is Cc1cc(Sc2ccc(F)c(C(=O)O)c2)ccn1. The van der Waals surface area contributed by atoms with Gasteiger partial charge in [0.25, 0.3) is 0 Å². The van der Waals surface area contributed by atoms with Crippen molar-refractivity contribution in [3.05, 3.63) is 53.6 Å². The molecule has 0 fully saturated rings. The molecule has 2 rings (SSSR count). The predicted molar refractivity (Wildman–Crippen MR) is 66.5 cm³/mol. The van der Waals surface area contributed by atoms with Crippen LogP contribution in [-0.4, -0.2) is 16.1 Å². The molecular formula is C13H10FNO2S. The Kier molecular flexibility index (Phi) is 3.62. The van der Waals surface area contributed by atoms with E-state index < -0.39 is 11.8 Å². The molecule has 0 amide bonds. The summed E-state index contributed by atoms with van der Waals surface area (Å²) in [6.07, 6.45) is 1.68. The summed E-state index contributed by atoms with van der Waals surface area (Å²) in [6.45, 7) is 1.87. The van der Waals surface area contributed by atoms with E-state index in [-0.39, 0.29) is 5.56 Å². The number of benzene rings is 1. The minimum Gasteiger partial charge on any atom is -0.478 e. The van der Waals surface area contributed by atoms with Crippen LogP contribution in [0.15, 0.2) is 46.3 Å². The first kappa shape index (κ1) is 12.6. The van der Waals surface area contributed by atoms with Crippen molar-refractivity contribution in [2.24, 2.45) is 0 Å². The number of rotatable bonds is 3. The summed E-state index contributed by atoms with van der Waals surface area (Å²) >= 11 is 1.37. The molecule has 2 aromatic rings. The molecule has 0 atom stereocenters. The fourth-order valence-corrected chi connectivity index (χ4v) is 2.39. The zero-order chi connectivity index (χ0) is 13.1. The van der Waals surface area contributed by atoms with Gasteiger partial charge in [-0.2, -0.15) is 0 Å². The number of aromatic carboxylic acids is 1. The lowest BCUT2D eigenvalue weighted by molar-refractivity contribution is 0.0691. The Labute approximate surface area is 108 Å². The summed E-state index contributed by atoms with van der Waals surface area (Å²) in [6, 6.07) is 7.76. The molecule has 1 aromatic carbocycles. The average molecular weight is 263 g/mol. The van der Waals surface area contributed by atoms with E-state index in [1.54, 1.807) is 12.3 Å². The second-order valence-corrected chi connectivity index (χ2v) is 4.83. The van der Waals surface area contributed by atoms with Gasteiger partial charge in [0, 0.05) is 21.7 Å². The van der Waals surface area contributed by atoms with Crippen LogP contribution in [0, 0.1) is 12.7 Å². The molecule has 0 spiro atoms. The maximum atomic E-state index is 13.2. The number of halogens is 1. The van der Waals surface area contributed by atoms with Crippen LogP contribution in [0.2, 0.25) is 0 Å². The van der Waals surface area contributed by atoms with E-state index in [9.17, 15) is 9.18 Å². The Balaban J connectivity index is 2.30. The van der Waals surface area contributed by atoms with Gasteiger partial charge in [-0.1, -0.05) is 11.8 Å². The number of aryl methyl sites for hydroxylation is 1. The van der Waals surface area contributed by atoms with E-state index in [1.165, 1.54) is 23.9 Å². The third-order valence-electron chi connectivity index (χ3n) is 2.27. The summed E-state index contributed by atoms with van der Waals surface area (Å²) < 4.78 is 13.2. The standard InChI is InChI=1S/C13H10FNO2S/c1-8-6-10(4-5-15-8)18-9-2-3-12(14)11(7-9)13(16)17/h2-7H,1H3,(H,16,17). The van der Waals surface area contributed by atoms with Crippen LogP contribution >= 0.6 is 11.8 Å². The number of hydrogen-bond acceptors (Lipinski definition) is 3. The number of nitrogens with zero attached hydrogens (tertiary/aromatic N) is 1. The van der Waals surface area contributed by atoms with Crippen molar-refractivity contribution < 1.29 is 14.3 Å². The monoisotopic (exact) mass is 263 g/mol. The van der Waals surface area contributed by atoms with E-state index in [2.05, 4.69) is 4.98 Å². The summed E-state index contributed by atoms with van der Waals surface area (Å²) in [4.78, 5) is 16.5. The Morgan fingerprint density at radius 2 is 2.00 bits per heavy atom. The molecular weight excluding hydrogens is 253 g/mol. The molecule has 0 saturated heterocycles. The quantitative estimate of drug-likeness (QED) is 0.922. The van der Waals surface area contributed by atoms with Gasteiger partial charge in [-0.25, -0.2) is 9.18 Å². The van der Waals surface area contributed by atoms with Gasteiger partial charge in [0.1, 0.15) is 5.82 Å². The van der Waals surface area contributed by atoms with Crippen LogP contribution in [0.3, 0.4) is 0 Å². The molecule has 18 heavy (non-hydrogen) atoms. The van der Waals surface area contributed by atoms with Crippen molar-refractivity contribution in [2.45, 2.75) is 16.7 Å². The predicted octanol–water partition coefficient (Wildman–Crippen LogP) is 3.38. The molecule has 3 nitrogen and oxygen atoms in total. The van der Waals surface area contributed by atoms with Gasteiger partial charge < -0.3 is 5.11 Å². The molecule has 1 N–H and O–H groups in total. The third kappa shape index (κ3) is 2.87. The average Bonchev–Trinajstić information content (AvgIpc) is 2.31. The first-order valence-corrected chi connectivity index (χ1v) is 6.01. The number of carboxylic acids is 1. The smallest absolute Gasteiger partial charge is 0.338 e. The van der Waals surface area contributed by atoms with Gasteiger partial charge in [-0.15, -0.1) is 0 Å². The Bertz CT molecular complexity index is 601. The maximum absolute atomic E-state index is 13.2. The molecule has 0 saturated carbocycles. The highest BCUT2D eigenvalue weighted by atomic mass is 32.2. The molecule has 0 unspecified atom stereocenters. The topological polar surface area (TPSA) is 50.2 Å². The maximum Gasteiger partial charge on any atom is 0.338 e. The molecule has 1 aromatic heterocycles. The molecule has 0 aliphatic carbocycles. The summed E-state index contributed by atoms with van der Waals surface area (Å²) in [5.41, 5.74) is 0.561. The van der Waals surface area contributed by atoms with Crippen molar-refractivity contribution in [1.29, 1.82) is 0 Å². The van der Waals surface area contributed by atoms with Crippen molar-refractivity contribution in [2.75, 3.05) is 0 Å². The molecule has 92 valence electrons. The fourth-order valence-electron chi connectivity index (χ4n) is 1.45. The van der Waals surface area contributed by atoms with E-state index in [1.807, 2.05) is 19.1 Å². The fraction of sp³-hybridized carbons (Fsp3) is 0.0769. The van der Waals surface area contributed by atoms with Gasteiger partial charge in [-0.3, -0.25) is 4.98 Å². The Morgan fingerprint density at radius 3 is 2.67 bits per heavy atom. The van der Waals surface area contributed by atoms with Gasteiger partial charge >= 0.3 is 5.97 Å². The largest absolute Gasteiger partial charge is 0.478 e. The third-order valence-corrected chi connectivity index (χ3v) is 3.25. The van der Waals surface area contributed by atoms with Crippen molar-refractivity contribution in [3.8, 4) is 0 Å². The Morgan fingerprint density at radius 1 is 1.28 bits per heavy atom. The minimum absolute atomic E-state index is 0.314. The number of carboxylic acid groups (broad SMARTS) is 1. The van der Waals surface area contributed by atoms with Gasteiger partial charge in [0.05, 0.1) is 5.56 Å². The highest BCUT2D eigenvalue weighted by molar-refractivity contribution is 7.99. The van der Waals surface area contributed by atoms with E-state index in [0.29, 0.717) is 4.90 Å². The first-order valence-electron chi connectivity index (χ1n) is 5.19. The molecule has 0 bridgehead atoms. The van der Waals surface area contributed by atoms with Crippen molar-refractivity contribution in [1.82, 2.24) is 4.98 Å². The van der Waals surface area contributed by atoms with E-state index in [0.717, 1.165) is 10.6 Å². The lowest BCUT2D eigenvalue weighted by atomic mass is 10.2. The molecule has 1 heterocycles. The molecule has 0 aliphatic rings. The second-order valence-electron chi connectivity index (χ2n) is 3.68. The summed E-state index contributed by atoms with van der Waals surface area (Å²) in [7, 11) is 0. The van der Waals surface area contributed by atoms with E-state index in [4.69, 9.17) is 5.11 Å². The zero-order valence-corrected chi connectivity index (χ0v) is 10.4. The van der Waals surface area contributed by atoms with Crippen LogP contribution in [0.4, 0.5) is 4.39 Å². The van der Waals surface area contributed by atoms with Crippen LogP contribution in [0.1, 0.15) is 16.1 Å². The molecule has 0 aliphatic heterocycles. The van der Waals surface area contributed by atoms with Crippen LogP contribution in [0.25, 0.3) is 0 Å². The van der Waals surface area contributed by atoms with E-state index >= 15 is 0 Å². The van der Waals surface area contributed by atoms with Gasteiger partial charge in [-0.05, 0) is 37.3 Å². The summed E-state index contributed by atoms with van der Waals surface area (Å²) in [5.74, 6) is -1.99. The van der Waals surface area contributed by atoms with Crippen LogP contribution in [0.5, 0.6) is 0 Å². The molecule has 5 heteroatoms. The number of carbonyl (C=O) groups is 1.